The maximum Gasteiger partial charge on any atom is 0.194 e. The maximum atomic E-state index is 15.3. The van der Waals surface area contributed by atoms with Gasteiger partial charge in [0.15, 0.2) is 5.69 Å². The Kier molecular flexibility index (Phi) is 21.1. The zero-order valence-electron chi connectivity index (χ0n) is 77.6. The van der Waals surface area contributed by atoms with Crippen LogP contribution in [-0.2, 0) is 0 Å². The predicted octanol–water partition coefficient (Wildman–Crippen LogP) is 38.3. The topological polar surface area (TPSA) is 47.0 Å². The van der Waals surface area contributed by atoms with Crippen LogP contribution in [0.1, 0.15) is 0 Å². The predicted molar refractivity (Wildman–Crippen MR) is 596 cm³/mol. The van der Waals surface area contributed by atoms with Gasteiger partial charge in [-0.1, -0.05) is 358 Å². The highest BCUT2D eigenvalue weighted by molar-refractivity contribution is 6.15. The molecule has 0 aliphatic rings. The first-order valence-corrected chi connectivity index (χ1v) is 48.3. The van der Waals surface area contributed by atoms with Crippen LogP contribution in [0, 0.1) is 12.4 Å². The monoisotopic (exact) mass is 1830 g/mol. The van der Waals surface area contributed by atoms with E-state index in [1.807, 2.05) is 54.6 Å². The first kappa shape index (κ1) is 84.3. The van der Waals surface area contributed by atoms with Gasteiger partial charge in [-0.2, -0.15) is 0 Å². The highest BCUT2D eigenvalue weighted by Gasteiger charge is 2.25. The van der Waals surface area contributed by atoms with E-state index in [4.69, 9.17) is 15.4 Å². The number of anilines is 6. The van der Waals surface area contributed by atoms with E-state index >= 15 is 4.39 Å². The molecular formula is C135H86FN5O2. The molecule has 0 saturated heterocycles. The number of benzene rings is 23. The van der Waals surface area contributed by atoms with E-state index in [2.05, 4.69) is 479 Å². The number of hydrogen-bond donors (Lipinski definition) is 0. The Balaban J connectivity index is 0.000000147. The Morgan fingerprint density at radius 3 is 0.965 bits per heavy atom. The fourth-order valence-corrected chi connectivity index (χ4v) is 21.5. The van der Waals surface area contributed by atoms with E-state index in [9.17, 15) is 0 Å². The summed E-state index contributed by atoms with van der Waals surface area (Å²) in [4.78, 5) is 8.57. The Morgan fingerprint density at radius 2 is 0.476 bits per heavy atom. The lowest BCUT2D eigenvalue weighted by Gasteiger charge is -2.27. The van der Waals surface area contributed by atoms with Crippen molar-refractivity contribution in [1.29, 1.82) is 0 Å². The third-order valence-electron chi connectivity index (χ3n) is 28.3. The molecule has 0 aliphatic carbocycles. The van der Waals surface area contributed by atoms with Crippen LogP contribution in [0.15, 0.2) is 531 Å². The molecule has 0 aliphatic heterocycles. The van der Waals surface area contributed by atoms with Crippen molar-refractivity contribution in [3.63, 3.8) is 0 Å². The number of fused-ring (bicyclic) bond motifs is 14. The van der Waals surface area contributed by atoms with Crippen molar-refractivity contribution in [2.24, 2.45) is 0 Å². The van der Waals surface area contributed by atoms with Gasteiger partial charge in [-0.05, 0) is 275 Å². The lowest BCUT2D eigenvalue weighted by atomic mass is 9.90. The summed E-state index contributed by atoms with van der Waals surface area (Å²) < 4.78 is 33.0. The van der Waals surface area contributed by atoms with Crippen LogP contribution in [0.4, 0.5) is 44.2 Å². The number of rotatable bonds is 17. The number of para-hydroxylation sites is 5. The van der Waals surface area contributed by atoms with Gasteiger partial charge in [-0.25, -0.2) is 9.24 Å². The molecule has 143 heavy (non-hydrogen) atoms. The third kappa shape index (κ3) is 15.2. The second kappa shape index (κ2) is 35.7. The summed E-state index contributed by atoms with van der Waals surface area (Å²) in [5.74, 6) is -0.229. The van der Waals surface area contributed by atoms with Crippen LogP contribution >= 0.6 is 0 Å². The molecule has 0 spiro atoms. The molecule has 0 bridgehead atoms. The minimum atomic E-state index is -0.229. The average molecular weight is 1830 g/mol. The van der Waals surface area contributed by atoms with Crippen molar-refractivity contribution in [2.45, 2.75) is 0 Å². The van der Waals surface area contributed by atoms with Crippen molar-refractivity contribution >= 4 is 149 Å². The molecule has 23 aromatic carbocycles. The average Bonchev–Trinajstić information content (AvgIpc) is 1.58. The minimum Gasteiger partial charge on any atom is -0.456 e. The Morgan fingerprint density at radius 1 is 0.182 bits per heavy atom. The van der Waals surface area contributed by atoms with Crippen LogP contribution in [0.3, 0.4) is 0 Å². The van der Waals surface area contributed by atoms with E-state index < -0.39 is 0 Å². The largest absolute Gasteiger partial charge is 0.456 e. The van der Waals surface area contributed by atoms with Crippen LogP contribution in [-0.4, -0.2) is 9.13 Å². The standard InChI is InChI=1S/C70H45FN2O.C65H41N3O/c71-65-24-12-23-59-58(65)22-13-26-67(59)73-66-25-9-7-20-60(66)61-40-33-51(44-68(61)73)50-32-39-57(64(43-50)53-34-41-63-62-21-8-10-27-69(62)74-70(63)45-53)52-18-11-19-56(42-52)72(54-35-28-48(29-36-54)46-14-3-1-4-15-46)55-37-30-49(31-38-55)47-16-5-2-6-17-47;1-66-60-28-14-27-54-53(60)26-15-30-62(54)68-61-29-10-8-24-55(61)56-36-33-46(41-63(56)68)45-32-35-52(59(40-45)48-34-37-58-57-25-9-11-31-64(57)69-65(58)42-48)47-19-13-23-51(39-47)67(49-20-6-3-7-21-49)50-22-12-18-44(38-50)43-16-4-2-5-17-43/h1-45H;2-42H. The van der Waals surface area contributed by atoms with E-state index in [1.165, 1.54) is 33.5 Å². The highest BCUT2D eigenvalue weighted by atomic mass is 19.1. The molecule has 0 amide bonds. The summed E-state index contributed by atoms with van der Waals surface area (Å²) in [5, 5.41) is 12.5. The van der Waals surface area contributed by atoms with E-state index in [0.717, 1.165) is 222 Å². The second-order valence-electron chi connectivity index (χ2n) is 36.5. The molecule has 0 N–H and O–H groups in total. The number of nitrogens with zero attached hydrogens (tertiary/aromatic N) is 5. The Labute approximate surface area is 825 Å². The summed E-state index contributed by atoms with van der Waals surface area (Å²) >= 11 is 0. The highest BCUT2D eigenvalue weighted by Crippen LogP contribution is 2.49. The fourth-order valence-electron chi connectivity index (χ4n) is 21.5. The molecule has 0 fully saturated rings. The van der Waals surface area contributed by atoms with Crippen molar-refractivity contribution < 1.29 is 13.2 Å². The van der Waals surface area contributed by atoms with E-state index in [0.29, 0.717) is 11.1 Å². The summed E-state index contributed by atoms with van der Waals surface area (Å²) in [6, 6.07) is 184. The molecule has 4 heterocycles. The number of hydrogen-bond acceptors (Lipinski definition) is 4. The molecule has 0 saturated carbocycles. The van der Waals surface area contributed by atoms with Crippen molar-refractivity contribution in [1.82, 2.24) is 9.13 Å². The molecule has 0 radical (unpaired) electrons. The van der Waals surface area contributed by atoms with Gasteiger partial charge in [0.2, 0.25) is 0 Å². The van der Waals surface area contributed by atoms with Crippen molar-refractivity contribution in [3.8, 4) is 112 Å². The molecule has 0 atom stereocenters. The maximum absolute atomic E-state index is 15.3. The lowest BCUT2D eigenvalue weighted by molar-refractivity contribution is 0.640. The summed E-state index contributed by atoms with van der Waals surface area (Å²) in [5.41, 5.74) is 36.9. The van der Waals surface area contributed by atoms with Gasteiger partial charge in [-0.15, -0.1) is 0 Å². The van der Waals surface area contributed by atoms with Crippen molar-refractivity contribution in [2.75, 3.05) is 9.80 Å². The SMILES string of the molecule is Fc1cccc2c(-n3c4ccccc4c4ccc(-c5ccc(-c6cccc(N(c7ccc(-c8ccccc8)cc7)c7ccc(-c8ccccc8)cc7)c6)c(-c6ccc7c(c6)oc6ccccc67)c5)cc43)cccc12.[C-]#[N+]c1cccc2c(-n3c4ccccc4c4ccc(-c5ccc(-c6cccc(N(c7ccccc7)c7cccc(-c8ccccc8)c7)c6)c(-c6ccc7c(c6)oc6ccccc67)c5)cc43)cccc12. The second-order valence-corrected chi connectivity index (χ2v) is 36.5. The van der Waals surface area contributed by atoms with Crippen LogP contribution in [0.2, 0.25) is 0 Å². The Bertz CT molecular complexity index is 9610. The summed E-state index contributed by atoms with van der Waals surface area (Å²) in [7, 11) is 0. The van der Waals surface area contributed by atoms with Gasteiger partial charge in [0.05, 0.1) is 40.0 Å². The Hall–Kier alpha value is -19.2. The zero-order valence-corrected chi connectivity index (χ0v) is 77.6. The normalized spacial score (nSPS) is 11.5. The molecule has 4 aromatic heterocycles. The summed E-state index contributed by atoms with van der Waals surface area (Å²) in [6.45, 7) is 7.92. The molecule has 27 rings (SSSR count). The van der Waals surface area contributed by atoms with E-state index in [-0.39, 0.29) is 5.82 Å². The number of aromatic nitrogens is 2. The van der Waals surface area contributed by atoms with Gasteiger partial charge in [0.1, 0.15) is 28.1 Å². The molecule has 27 aromatic rings. The molecule has 670 valence electrons. The molecular weight excluding hydrogens is 1740 g/mol. The van der Waals surface area contributed by atoms with Crippen LogP contribution < -0.4 is 9.80 Å². The van der Waals surface area contributed by atoms with Crippen LogP contribution in [0.25, 0.3) is 225 Å². The van der Waals surface area contributed by atoms with E-state index in [1.54, 1.807) is 6.07 Å². The van der Waals surface area contributed by atoms with Gasteiger partial charge in [0, 0.05) is 88.0 Å². The zero-order chi connectivity index (χ0) is 95.0. The smallest absolute Gasteiger partial charge is 0.194 e. The lowest BCUT2D eigenvalue weighted by Crippen LogP contribution is -2.10. The van der Waals surface area contributed by atoms with Gasteiger partial charge in [0.25, 0.3) is 0 Å². The number of furan rings is 2. The molecule has 8 heteroatoms. The first-order valence-electron chi connectivity index (χ1n) is 48.3. The van der Waals surface area contributed by atoms with Gasteiger partial charge in [-0.3, -0.25) is 0 Å². The molecule has 7 nitrogen and oxygen atoms in total. The van der Waals surface area contributed by atoms with Crippen LogP contribution in [0.5, 0.6) is 0 Å². The van der Waals surface area contributed by atoms with Crippen molar-refractivity contribution in [3.05, 3.63) is 539 Å². The van der Waals surface area contributed by atoms with Gasteiger partial charge < -0.3 is 27.8 Å². The van der Waals surface area contributed by atoms with Gasteiger partial charge >= 0.3 is 0 Å². The molecule has 0 unspecified atom stereocenters. The minimum absolute atomic E-state index is 0.229. The number of halogens is 1. The summed E-state index contributed by atoms with van der Waals surface area (Å²) in [6.07, 6.45) is 0. The third-order valence-corrected chi connectivity index (χ3v) is 28.3. The fraction of sp³-hybridized carbons (Fsp3) is 0. The quantitative estimate of drug-likeness (QED) is 0.0853. The first-order chi connectivity index (χ1) is 70.8.